The van der Waals surface area contributed by atoms with Crippen LogP contribution in [-0.2, 0) is 6.54 Å². The largest absolute Gasteiger partial charge is 0.494 e. The van der Waals surface area contributed by atoms with E-state index in [4.69, 9.17) is 17.0 Å². The second-order valence-corrected chi connectivity index (χ2v) is 5.59. The number of nitrogens with one attached hydrogen (secondary N) is 2. The molecule has 2 aromatic rings. The molecule has 1 atom stereocenters. The molecule has 122 valence electrons. The summed E-state index contributed by atoms with van der Waals surface area (Å²) in [6.07, 6.45) is 0. The molecule has 0 bridgehead atoms. The van der Waals surface area contributed by atoms with Gasteiger partial charge in [0.1, 0.15) is 11.6 Å². The molecule has 0 amide bonds. The van der Waals surface area contributed by atoms with E-state index in [1.165, 1.54) is 12.1 Å². The molecule has 0 saturated heterocycles. The Morgan fingerprint density at radius 2 is 1.78 bits per heavy atom. The Labute approximate surface area is 141 Å². The number of ether oxygens (including phenoxy) is 1. The molecule has 2 aromatic carbocycles. The molecule has 0 aliphatic rings. The van der Waals surface area contributed by atoms with Crippen molar-refractivity contribution < 1.29 is 9.13 Å². The van der Waals surface area contributed by atoms with E-state index >= 15 is 0 Å². The fourth-order valence-corrected chi connectivity index (χ4v) is 2.38. The molecule has 0 spiro atoms. The molecular formula is C18H21FN2OS. The van der Waals surface area contributed by atoms with E-state index in [0.717, 1.165) is 16.9 Å². The predicted octanol–water partition coefficient (Wildman–Crippen LogP) is 3.95. The quantitative estimate of drug-likeness (QED) is 0.785. The first-order chi connectivity index (χ1) is 11.1. The second-order valence-electron chi connectivity index (χ2n) is 5.18. The zero-order valence-corrected chi connectivity index (χ0v) is 14.1. The highest BCUT2D eigenvalue weighted by atomic mass is 32.1. The zero-order chi connectivity index (χ0) is 16.7. The van der Waals surface area contributed by atoms with Crippen LogP contribution in [0.3, 0.4) is 0 Å². The van der Waals surface area contributed by atoms with E-state index in [0.29, 0.717) is 18.3 Å². The average molecular weight is 332 g/mol. The first-order valence-corrected chi connectivity index (χ1v) is 8.01. The van der Waals surface area contributed by atoms with Crippen LogP contribution in [0, 0.1) is 5.82 Å². The lowest BCUT2D eigenvalue weighted by molar-refractivity contribution is 0.340. The van der Waals surface area contributed by atoms with Gasteiger partial charge in [0.05, 0.1) is 12.6 Å². The first-order valence-electron chi connectivity index (χ1n) is 7.60. The molecule has 3 nitrogen and oxygen atoms in total. The van der Waals surface area contributed by atoms with Gasteiger partial charge < -0.3 is 15.4 Å². The molecule has 0 aromatic heterocycles. The van der Waals surface area contributed by atoms with Gasteiger partial charge in [0, 0.05) is 6.54 Å². The van der Waals surface area contributed by atoms with Crippen LogP contribution in [-0.4, -0.2) is 11.7 Å². The van der Waals surface area contributed by atoms with Gasteiger partial charge >= 0.3 is 0 Å². The molecule has 0 aliphatic carbocycles. The lowest BCUT2D eigenvalue weighted by Crippen LogP contribution is -2.36. The van der Waals surface area contributed by atoms with Crippen molar-refractivity contribution in [3.8, 4) is 5.75 Å². The van der Waals surface area contributed by atoms with Gasteiger partial charge in [-0.3, -0.25) is 0 Å². The molecule has 0 saturated carbocycles. The summed E-state index contributed by atoms with van der Waals surface area (Å²) < 4.78 is 18.3. The van der Waals surface area contributed by atoms with Crippen molar-refractivity contribution in [3.63, 3.8) is 0 Å². The first kappa shape index (κ1) is 17.2. The van der Waals surface area contributed by atoms with E-state index in [1.54, 1.807) is 12.1 Å². The van der Waals surface area contributed by atoms with Gasteiger partial charge in [-0.25, -0.2) is 4.39 Å². The highest BCUT2D eigenvalue weighted by Gasteiger charge is 2.07. The Bertz CT molecular complexity index is 628. The van der Waals surface area contributed by atoms with Crippen LogP contribution in [0.15, 0.2) is 48.5 Å². The second kappa shape index (κ2) is 8.48. The van der Waals surface area contributed by atoms with Gasteiger partial charge in [-0.15, -0.1) is 0 Å². The smallest absolute Gasteiger partial charge is 0.167 e. The Balaban J connectivity index is 1.82. The fraction of sp³-hybridized carbons (Fsp3) is 0.278. The minimum absolute atomic E-state index is 0.0823. The monoisotopic (exact) mass is 332 g/mol. The predicted molar refractivity (Wildman–Crippen MR) is 95.0 cm³/mol. The summed E-state index contributed by atoms with van der Waals surface area (Å²) in [4.78, 5) is 0. The maximum Gasteiger partial charge on any atom is 0.167 e. The molecule has 0 radical (unpaired) electrons. The summed E-state index contributed by atoms with van der Waals surface area (Å²) in [5.41, 5.74) is 2.10. The van der Waals surface area contributed by atoms with Gasteiger partial charge in [0.25, 0.3) is 0 Å². The van der Waals surface area contributed by atoms with Crippen molar-refractivity contribution in [1.29, 1.82) is 0 Å². The normalized spacial score (nSPS) is 11.6. The number of thiocarbonyl (C=S) groups is 1. The van der Waals surface area contributed by atoms with Crippen molar-refractivity contribution >= 4 is 17.3 Å². The van der Waals surface area contributed by atoms with E-state index in [9.17, 15) is 4.39 Å². The molecule has 5 heteroatoms. The highest BCUT2D eigenvalue weighted by molar-refractivity contribution is 7.80. The average Bonchev–Trinajstić information content (AvgIpc) is 2.55. The van der Waals surface area contributed by atoms with Crippen LogP contribution in [0.2, 0.25) is 0 Å². The van der Waals surface area contributed by atoms with E-state index in [-0.39, 0.29) is 11.9 Å². The number of hydrogen-bond donors (Lipinski definition) is 2. The lowest BCUT2D eigenvalue weighted by Gasteiger charge is -2.18. The van der Waals surface area contributed by atoms with E-state index in [2.05, 4.69) is 10.6 Å². The third-order valence-corrected chi connectivity index (χ3v) is 3.67. The summed E-state index contributed by atoms with van der Waals surface area (Å²) in [6.45, 7) is 5.22. The summed E-state index contributed by atoms with van der Waals surface area (Å²) in [5, 5.41) is 6.92. The summed E-state index contributed by atoms with van der Waals surface area (Å²) in [6, 6.07) is 14.4. The van der Waals surface area contributed by atoms with Crippen molar-refractivity contribution in [2.24, 2.45) is 0 Å². The molecule has 0 unspecified atom stereocenters. The third kappa shape index (κ3) is 5.53. The molecule has 0 fully saturated rings. The molecule has 0 aliphatic heterocycles. The van der Waals surface area contributed by atoms with Crippen molar-refractivity contribution in [2.75, 3.05) is 6.61 Å². The van der Waals surface area contributed by atoms with Gasteiger partial charge in [0.2, 0.25) is 0 Å². The maximum atomic E-state index is 12.9. The Hall–Kier alpha value is -2.14. The van der Waals surface area contributed by atoms with Gasteiger partial charge in [-0.2, -0.15) is 0 Å². The van der Waals surface area contributed by atoms with Crippen LogP contribution >= 0.6 is 12.2 Å². The molecule has 2 rings (SSSR count). The molecule has 0 heterocycles. The van der Waals surface area contributed by atoms with E-state index in [1.807, 2.05) is 38.1 Å². The summed E-state index contributed by atoms with van der Waals surface area (Å²) in [7, 11) is 0. The lowest BCUT2D eigenvalue weighted by atomic mass is 10.1. The van der Waals surface area contributed by atoms with Crippen LogP contribution in [0.5, 0.6) is 5.75 Å². The Kier molecular flexibility index (Phi) is 6.35. The standard InChI is InChI=1S/C18H21FN2OS/c1-3-22-17-10-6-15(7-11-17)13(2)21-18(23)20-12-14-4-8-16(19)9-5-14/h4-11,13H,3,12H2,1-2H3,(H2,20,21,23)/t13-/m1/s1. The van der Waals surface area contributed by atoms with Crippen LogP contribution in [0.25, 0.3) is 0 Å². The molecular weight excluding hydrogens is 311 g/mol. The third-order valence-electron chi connectivity index (χ3n) is 3.41. The maximum absolute atomic E-state index is 12.9. The number of halogens is 1. The fourth-order valence-electron chi connectivity index (χ4n) is 2.13. The molecule has 2 N–H and O–H groups in total. The van der Waals surface area contributed by atoms with Gasteiger partial charge in [0.15, 0.2) is 5.11 Å². The van der Waals surface area contributed by atoms with Crippen LogP contribution in [0.1, 0.15) is 31.0 Å². The number of hydrogen-bond acceptors (Lipinski definition) is 2. The van der Waals surface area contributed by atoms with Crippen molar-refractivity contribution in [1.82, 2.24) is 10.6 Å². The molecule has 23 heavy (non-hydrogen) atoms. The van der Waals surface area contributed by atoms with Gasteiger partial charge in [-0.1, -0.05) is 24.3 Å². The van der Waals surface area contributed by atoms with Crippen LogP contribution in [0.4, 0.5) is 4.39 Å². The minimum Gasteiger partial charge on any atom is -0.494 e. The Morgan fingerprint density at radius 3 is 2.39 bits per heavy atom. The van der Waals surface area contributed by atoms with E-state index < -0.39 is 0 Å². The van der Waals surface area contributed by atoms with Gasteiger partial charge in [-0.05, 0) is 61.5 Å². The number of rotatable bonds is 6. The van der Waals surface area contributed by atoms with Crippen molar-refractivity contribution in [3.05, 3.63) is 65.5 Å². The Morgan fingerprint density at radius 1 is 1.13 bits per heavy atom. The van der Waals surface area contributed by atoms with Crippen molar-refractivity contribution in [2.45, 2.75) is 26.4 Å². The van der Waals surface area contributed by atoms with Crippen LogP contribution < -0.4 is 15.4 Å². The summed E-state index contributed by atoms with van der Waals surface area (Å²) in [5.74, 6) is 0.624. The SMILES string of the molecule is CCOc1ccc([C@@H](C)NC(=S)NCc2ccc(F)cc2)cc1. The zero-order valence-electron chi connectivity index (χ0n) is 13.3. The summed E-state index contributed by atoms with van der Waals surface area (Å²) >= 11 is 5.30. The topological polar surface area (TPSA) is 33.3 Å². The highest BCUT2D eigenvalue weighted by Crippen LogP contribution is 2.17. The number of benzene rings is 2. The minimum atomic E-state index is -0.237.